The number of anilines is 1. The molecule has 4 nitrogen and oxygen atoms in total. The number of aromatic nitrogens is 1. The van der Waals surface area contributed by atoms with Gasteiger partial charge in [0, 0.05) is 28.5 Å². The minimum atomic E-state index is -4.86. The average molecular weight is 383 g/mol. The quantitative estimate of drug-likeness (QED) is 0.796. The van der Waals surface area contributed by atoms with E-state index in [1.165, 1.54) is 0 Å². The Morgan fingerprint density at radius 2 is 1.77 bits per heavy atom. The summed E-state index contributed by atoms with van der Waals surface area (Å²) in [4.78, 5) is 4.29. The third kappa shape index (κ3) is 3.23. The van der Waals surface area contributed by atoms with Crippen LogP contribution in [0.2, 0.25) is 0 Å². The van der Waals surface area contributed by atoms with Gasteiger partial charge in [-0.25, -0.2) is 4.98 Å². The molecule has 1 atom stereocenters. The van der Waals surface area contributed by atoms with Gasteiger partial charge in [-0.1, -0.05) is 50.6 Å². The molecule has 0 unspecified atom stereocenters. The van der Waals surface area contributed by atoms with Crippen molar-refractivity contribution < 1.29 is 18.3 Å². The molecule has 1 N–H and O–H groups in total. The van der Waals surface area contributed by atoms with Crippen LogP contribution in [-0.4, -0.2) is 27.7 Å². The van der Waals surface area contributed by atoms with Gasteiger partial charge in [0.25, 0.3) is 5.72 Å². The molecule has 0 spiro atoms. The van der Waals surface area contributed by atoms with E-state index in [4.69, 9.17) is 0 Å². The summed E-state index contributed by atoms with van der Waals surface area (Å²) in [5.41, 5.74) is -0.968. The number of hydrogen-bond donors (Lipinski definition) is 1. The Balaban J connectivity index is 2.02. The van der Waals surface area contributed by atoms with Gasteiger partial charge in [-0.15, -0.1) is 11.3 Å². The van der Waals surface area contributed by atoms with E-state index in [2.05, 4.69) is 10.1 Å². The summed E-state index contributed by atoms with van der Waals surface area (Å²) in [7, 11) is 0. The highest BCUT2D eigenvalue weighted by molar-refractivity contribution is 7.14. The summed E-state index contributed by atoms with van der Waals surface area (Å²) in [6, 6.07) is 7.54. The molecular formula is C18H20F3N3OS. The Kier molecular flexibility index (Phi) is 4.39. The molecule has 0 aliphatic carbocycles. The molecule has 0 fully saturated rings. The molecule has 26 heavy (non-hydrogen) atoms. The molecule has 0 saturated heterocycles. The lowest BCUT2D eigenvalue weighted by Gasteiger charge is -2.32. The van der Waals surface area contributed by atoms with Crippen LogP contribution in [0.4, 0.5) is 18.3 Å². The van der Waals surface area contributed by atoms with Crippen LogP contribution in [0.3, 0.4) is 0 Å². The monoisotopic (exact) mass is 383 g/mol. The summed E-state index contributed by atoms with van der Waals surface area (Å²) in [6.07, 6.45) is -5.46. The molecule has 1 aromatic heterocycles. The summed E-state index contributed by atoms with van der Waals surface area (Å²) in [5, 5.41) is 16.8. The first-order chi connectivity index (χ1) is 11.9. The summed E-state index contributed by atoms with van der Waals surface area (Å²) < 4.78 is 40.9. The maximum Gasteiger partial charge on any atom is 0.438 e. The van der Waals surface area contributed by atoms with E-state index in [1.54, 1.807) is 26.2 Å². The van der Waals surface area contributed by atoms with Gasteiger partial charge in [0.05, 0.1) is 5.69 Å². The van der Waals surface area contributed by atoms with Crippen molar-refractivity contribution in [2.24, 2.45) is 10.5 Å². The Hall–Kier alpha value is -1.93. The summed E-state index contributed by atoms with van der Waals surface area (Å²) in [5.74, 6) is 0. The molecular weight excluding hydrogens is 363 g/mol. The fourth-order valence-corrected chi connectivity index (χ4v) is 3.45. The van der Waals surface area contributed by atoms with Crippen molar-refractivity contribution in [3.8, 4) is 11.3 Å². The largest absolute Gasteiger partial charge is 0.438 e. The van der Waals surface area contributed by atoms with Gasteiger partial charge in [0.2, 0.25) is 5.13 Å². The van der Waals surface area contributed by atoms with E-state index < -0.39 is 23.7 Å². The van der Waals surface area contributed by atoms with Gasteiger partial charge in [-0.2, -0.15) is 23.3 Å². The van der Waals surface area contributed by atoms with Crippen molar-refractivity contribution in [3.63, 3.8) is 0 Å². The molecule has 1 aromatic carbocycles. The summed E-state index contributed by atoms with van der Waals surface area (Å²) >= 11 is 1.02. The van der Waals surface area contributed by atoms with E-state index in [0.717, 1.165) is 22.5 Å². The van der Waals surface area contributed by atoms with Crippen LogP contribution >= 0.6 is 11.3 Å². The molecule has 0 saturated carbocycles. The first-order valence-electron chi connectivity index (χ1n) is 8.12. The van der Waals surface area contributed by atoms with Crippen LogP contribution in [0, 0.1) is 12.3 Å². The number of hydrazone groups is 1. The number of halogens is 3. The molecule has 0 amide bonds. The number of hydrogen-bond acceptors (Lipinski definition) is 5. The van der Waals surface area contributed by atoms with Crippen LogP contribution in [0.25, 0.3) is 11.3 Å². The highest BCUT2D eigenvalue weighted by Crippen LogP contribution is 2.46. The molecule has 140 valence electrons. The Morgan fingerprint density at radius 1 is 1.15 bits per heavy atom. The van der Waals surface area contributed by atoms with Gasteiger partial charge in [0.1, 0.15) is 0 Å². The highest BCUT2D eigenvalue weighted by Gasteiger charge is 2.63. The Morgan fingerprint density at radius 3 is 2.31 bits per heavy atom. The second-order valence-electron chi connectivity index (χ2n) is 7.48. The SMILES string of the molecule is Cc1ccc(-c2csc(N3N=C(C(C)(C)C)C[C@@]3(O)C(F)(F)F)n2)cc1. The number of thiazole rings is 1. The number of benzene rings is 1. The number of nitrogens with zero attached hydrogens (tertiary/aromatic N) is 3. The molecule has 3 rings (SSSR count). The molecule has 0 radical (unpaired) electrons. The molecule has 8 heteroatoms. The maximum atomic E-state index is 13.6. The standard InChI is InChI=1S/C18H20F3N3OS/c1-11-5-7-12(8-6-11)13-10-26-15(22-13)24-17(25,18(19,20)21)9-14(23-24)16(2,3)4/h5-8,10,25H,9H2,1-4H3/t17-/m1/s1. The van der Waals surface area contributed by atoms with Crippen molar-refractivity contribution in [3.05, 3.63) is 35.2 Å². The molecule has 2 aromatic rings. The number of aryl methyl sites for hydroxylation is 1. The lowest BCUT2D eigenvalue weighted by molar-refractivity contribution is -0.254. The first kappa shape index (κ1) is 18.8. The smallest absolute Gasteiger partial charge is 0.362 e. The predicted molar refractivity (Wildman–Crippen MR) is 97.3 cm³/mol. The minimum absolute atomic E-state index is 0.0136. The molecule has 1 aliphatic heterocycles. The number of aliphatic hydroxyl groups is 1. The average Bonchev–Trinajstić information content (AvgIpc) is 3.12. The van der Waals surface area contributed by atoms with E-state index >= 15 is 0 Å². The van der Waals surface area contributed by atoms with Gasteiger partial charge < -0.3 is 5.11 Å². The van der Waals surface area contributed by atoms with Crippen molar-refractivity contribution in [1.82, 2.24) is 4.98 Å². The van der Waals surface area contributed by atoms with Gasteiger partial charge >= 0.3 is 6.18 Å². The van der Waals surface area contributed by atoms with Crippen LogP contribution in [-0.2, 0) is 0 Å². The second-order valence-corrected chi connectivity index (χ2v) is 8.32. The topological polar surface area (TPSA) is 48.7 Å². The molecule has 0 bridgehead atoms. The van der Waals surface area contributed by atoms with Crippen LogP contribution in [0.15, 0.2) is 34.7 Å². The minimum Gasteiger partial charge on any atom is -0.362 e. The third-order valence-electron chi connectivity index (χ3n) is 4.33. The van der Waals surface area contributed by atoms with Gasteiger partial charge in [-0.05, 0) is 6.92 Å². The normalized spacial score (nSPS) is 21.2. The second kappa shape index (κ2) is 6.06. The van der Waals surface area contributed by atoms with Crippen LogP contribution in [0.1, 0.15) is 32.8 Å². The molecule has 1 aliphatic rings. The van der Waals surface area contributed by atoms with E-state index in [0.29, 0.717) is 10.7 Å². The van der Waals surface area contributed by atoms with Crippen molar-refractivity contribution in [2.45, 2.75) is 46.0 Å². The number of alkyl halides is 3. The maximum absolute atomic E-state index is 13.6. The highest BCUT2D eigenvalue weighted by atomic mass is 32.1. The van der Waals surface area contributed by atoms with E-state index in [9.17, 15) is 18.3 Å². The van der Waals surface area contributed by atoms with Gasteiger partial charge in [-0.3, -0.25) is 0 Å². The third-order valence-corrected chi connectivity index (χ3v) is 5.14. The lowest BCUT2D eigenvalue weighted by Crippen LogP contribution is -2.55. The zero-order valence-electron chi connectivity index (χ0n) is 14.9. The first-order valence-corrected chi connectivity index (χ1v) is 9.00. The fraction of sp³-hybridized carbons (Fsp3) is 0.444. The van der Waals surface area contributed by atoms with Crippen molar-refractivity contribution in [2.75, 3.05) is 5.01 Å². The number of rotatable bonds is 2. The lowest BCUT2D eigenvalue weighted by atomic mass is 9.86. The van der Waals surface area contributed by atoms with Crippen molar-refractivity contribution >= 4 is 22.2 Å². The predicted octanol–water partition coefficient (Wildman–Crippen LogP) is 4.98. The van der Waals surface area contributed by atoms with E-state index in [1.807, 2.05) is 31.2 Å². The fourth-order valence-electron chi connectivity index (χ4n) is 2.60. The van der Waals surface area contributed by atoms with Crippen LogP contribution in [0.5, 0.6) is 0 Å². The zero-order valence-corrected chi connectivity index (χ0v) is 15.7. The van der Waals surface area contributed by atoms with E-state index in [-0.39, 0.29) is 10.8 Å². The summed E-state index contributed by atoms with van der Waals surface area (Å²) in [6.45, 7) is 7.26. The van der Waals surface area contributed by atoms with Crippen molar-refractivity contribution in [1.29, 1.82) is 0 Å². The Bertz CT molecular complexity index is 837. The Labute approximate surface area is 154 Å². The van der Waals surface area contributed by atoms with Gasteiger partial charge in [0.15, 0.2) is 0 Å². The molecule has 2 heterocycles. The zero-order chi connectivity index (χ0) is 19.3. The van der Waals surface area contributed by atoms with Crippen LogP contribution < -0.4 is 5.01 Å².